The minimum Gasteiger partial charge on any atom is -0.357 e. The van der Waals surface area contributed by atoms with Gasteiger partial charge in [0, 0.05) is 26.2 Å². The van der Waals surface area contributed by atoms with Crippen molar-refractivity contribution in [3.8, 4) is 0 Å². The molecular weight excluding hydrogens is 269 g/mol. The molecule has 1 aromatic carbocycles. The Balaban J connectivity index is 1.73. The van der Waals surface area contributed by atoms with Crippen molar-refractivity contribution in [1.82, 2.24) is 10.6 Å². The number of carbonyl (C=O) groups excluding carboxylic acids is 1. The number of halogens is 1. The van der Waals surface area contributed by atoms with Crippen LogP contribution in [0.15, 0.2) is 18.2 Å². The van der Waals surface area contributed by atoms with Gasteiger partial charge in [0.15, 0.2) is 0 Å². The number of nitrogens with one attached hydrogen (secondary N) is 2. The SMILES string of the molecule is CNC(=O)C1CCCN1c1ccc(CNC2CC2)cc1F. The van der Waals surface area contributed by atoms with Crippen molar-refractivity contribution in [3.63, 3.8) is 0 Å². The Bertz CT molecular complexity index is 530. The molecule has 1 aromatic rings. The Morgan fingerprint density at radius 1 is 1.38 bits per heavy atom. The van der Waals surface area contributed by atoms with Crippen LogP contribution in [0.1, 0.15) is 31.2 Å². The minimum atomic E-state index is -0.250. The summed E-state index contributed by atoms with van der Waals surface area (Å²) in [6.45, 7) is 1.44. The molecule has 0 aromatic heterocycles. The molecule has 1 saturated heterocycles. The van der Waals surface area contributed by atoms with Gasteiger partial charge in [-0.15, -0.1) is 0 Å². The maximum Gasteiger partial charge on any atom is 0.242 e. The smallest absolute Gasteiger partial charge is 0.242 e. The molecule has 1 aliphatic heterocycles. The summed E-state index contributed by atoms with van der Waals surface area (Å²) in [5.74, 6) is -0.271. The first-order chi connectivity index (χ1) is 10.2. The zero-order valence-corrected chi connectivity index (χ0v) is 12.4. The summed E-state index contributed by atoms with van der Waals surface area (Å²) >= 11 is 0. The van der Waals surface area contributed by atoms with Crippen molar-refractivity contribution in [2.24, 2.45) is 0 Å². The Kier molecular flexibility index (Phi) is 4.10. The lowest BCUT2D eigenvalue weighted by atomic mass is 10.1. The van der Waals surface area contributed by atoms with Gasteiger partial charge in [0.25, 0.3) is 0 Å². The summed E-state index contributed by atoms with van der Waals surface area (Å²) in [5.41, 5.74) is 1.50. The van der Waals surface area contributed by atoms with Gasteiger partial charge in [0.2, 0.25) is 5.91 Å². The van der Waals surface area contributed by atoms with Crippen LogP contribution in [0, 0.1) is 5.82 Å². The third-order valence-corrected chi connectivity index (χ3v) is 4.30. The molecular formula is C16H22FN3O. The number of carbonyl (C=O) groups is 1. The molecule has 3 rings (SSSR count). The number of benzene rings is 1. The third kappa shape index (κ3) is 3.18. The quantitative estimate of drug-likeness (QED) is 0.869. The fourth-order valence-electron chi connectivity index (χ4n) is 2.94. The van der Waals surface area contributed by atoms with E-state index in [9.17, 15) is 9.18 Å². The van der Waals surface area contributed by atoms with Gasteiger partial charge in [0.05, 0.1) is 5.69 Å². The van der Waals surface area contributed by atoms with Crippen LogP contribution in [0.3, 0.4) is 0 Å². The van der Waals surface area contributed by atoms with Crippen LogP contribution in [0.4, 0.5) is 10.1 Å². The molecule has 2 N–H and O–H groups in total. The van der Waals surface area contributed by atoms with E-state index in [2.05, 4.69) is 10.6 Å². The Morgan fingerprint density at radius 3 is 2.86 bits per heavy atom. The Hall–Kier alpha value is -1.62. The van der Waals surface area contributed by atoms with Crippen LogP contribution in [-0.4, -0.2) is 31.6 Å². The highest BCUT2D eigenvalue weighted by Crippen LogP contribution is 2.29. The molecule has 1 heterocycles. The molecule has 1 amide bonds. The number of anilines is 1. The van der Waals surface area contributed by atoms with Crippen LogP contribution in [0.2, 0.25) is 0 Å². The van der Waals surface area contributed by atoms with Crippen molar-refractivity contribution in [3.05, 3.63) is 29.6 Å². The summed E-state index contributed by atoms with van der Waals surface area (Å²) in [5, 5.41) is 6.04. The molecule has 1 unspecified atom stereocenters. The second kappa shape index (κ2) is 6.02. The minimum absolute atomic E-state index is 0.0358. The maximum atomic E-state index is 14.4. The highest BCUT2D eigenvalue weighted by molar-refractivity contribution is 5.85. The van der Waals surface area contributed by atoms with Crippen LogP contribution >= 0.6 is 0 Å². The van der Waals surface area contributed by atoms with Gasteiger partial charge in [-0.3, -0.25) is 4.79 Å². The maximum absolute atomic E-state index is 14.4. The number of hydrogen-bond acceptors (Lipinski definition) is 3. The first-order valence-corrected chi connectivity index (χ1v) is 7.69. The lowest BCUT2D eigenvalue weighted by Gasteiger charge is -2.26. The molecule has 2 aliphatic rings. The van der Waals surface area contributed by atoms with Crippen molar-refractivity contribution in [1.29, 1.82) is 0 Å². The molecule has 0 radical (unpaired) electrons. The van der Waals surface area contributed by atoms with Gasteiger partial charge in [-0.05, 0) is 43.4 Å². The highest BCUT2D eigenvalue weighted by Gasteiger charge is 2.31. The molecule has 2 fully saturated rings. The molecule has 21 heavy (non-hydrogen) atoms. The summed E-state index contributed by atoms with van der Waals surface area (Å²) in [7, 11) is 1.63. The summed E-state index contributed by atoms with van der Waals surface area (Å²) in [6, 6.07) is 5.71. The van der Waals surface area contributed by atoms with Gasteiger partial charge in [-0.2, -0.15) is 0 Å². The van der Waals surface area contributed by atoms with E-state index in [1.54, 1.807) is 19.2 Å². The number of rotatable bonds is 5. The first-order valence-electron chi connectivity index (χ1n) is 7.69. The van der Waals surface area contributed by atoms with E-state index in [4.69, 9.17) is 0 Å². The van der Waals surface area contributed by atoms with Crippen LogP contribution in [-0.2, 0) is 11.3 Å². The number of likely N-dealkylation sites (N-methyl/N-ethyl adjacent to an activating group) is 1. The fourth-order valence-corrected chi connectivity index (χ4v) is 2.94. The van der Waals surface area contributed by atoms with Gasteiger partial charge < -0.3 is 15.5 Å². The fraction of sp³-hybridized carbons (Fsp3) is 0.562. The van der Waals surface area contributed by atoms with E-state index in [-0.39, 0.29) is 17.8 Å². The zero-order chi connectivity index (χ0) is 14.8. The first kappa shape index (κ1) is 14.3. The van der Waals surface area contributed by atoms with E-state index in [1.807, 2.05) is 11.0 Å². The van der Waals surface area contributed by atoms with E-state index in [1.165, 1.54) is 12.8 Å². The summed E-state index contributed by atoms with van der Waals surface area (Å²) in [6.07, 6.45) is 4.15. The van der Waals surface area contributed by atoms with Crippen molar-refractivity contribution < 1.29 is 9.18 Å². The monoisotopic (exact) mass is 291 g/mol. The number of amides is 1. The molecule has 4 nitrogen and oxygen atoms in total. The highest BCUT2D eigenvalue weighted by atomic mass is 19.1. The zero-order valence-electron chi connectivity index (χ0n) is 12.4. The molecule has 0 bridgehead atoms. The van der Waals surface area contributed by atoms with Crippen molar-refractivity contribution in [2.45, 2.75) is 44.3 Å². The summed E-state index contributed by atoms with van der Waals surface area (Å²) < 4.78 is 14.4. The largest absolute Gasteiger partial charge is 0.357 e. The normalized spacial score (nSPS) is 21.6. The van der Waals surface area contributed by atoms with Gasteiger partial charge in [-0.1, -0.05) is 6.07 Å². The van der Waals surface area contributed by atoms with Crippen LogP contribution < -0.4 is 15.5 Å². The Labute approximate surface area is 124 Å². The lowest BCUT2D eigenvalue weighted by Crippen LogP contribution is -2.42. The van der Waals surface area contributed by atoms with E-state index in [0.717, 1.165) is 24.9 Å². The average Bonchev–Trinajstić information content (AvgIpc) is 3.20. The second-order valence-electron chi connectivity index (χ2n) is 5.91. The predicted molar refractivity (Wildman–Crippen MR) is 80.7 cm³/mol. The van der Waals surface area contributed by atoms with Crippen LogP contribution in [0.5, 0.6) is 0 Å². The van der Waals surface area contributed by atoms with Crippen LogP contribution in [0.25, 0.3) is 0 Å². The predicted octanol–water partition coefficient (Wildman–Crippen LogP) is 1.79. The average molecular weight is 291 g/mol. The second-order valence-corrected chi connectivity index (χ2v) is 5.91. The molecule has 1 saturated carbocycles. The van der Waals surface area contributed by atoms with Crippen molar-refractivity contribution in [2.75, 3.05) is 18.5 Å². The van der Waals surface area contributed by atoms with Gasteiger partial charge in [-0.25, -0.2) is 4.39 Å². The Morgan fingerprint density at radius 2 is 2.19 bits per heavy atom. The molecule has 1 aliphatic carbocycles. The molecule has 114 valence electrons. The topological polar surface area (TPSA) is 44.4 Å². The third-order valence-electron chi connectivity index (χ3n) is 4.30. The van der Waals surface area contributed by atoms with Crippen molar-refractivity contribution >= 4 is 11.6 Å². The summed E-state index contributed by atoms with van der Waals surface area (Å²) in [4.78, 5) is 13.8. The number of nitrogens with zero attached hydrogens (tertiary/aromatic N) is 1. The molecule has 5 heteroatoms. The van der Waals surface area contributed by atoms with E-state index < -0.39 is 0 Å². The standard InChI is InChI=1S/C16H22FN3O/c1-18-16(21)15-3-2-8-20(15)14-7-4-11(9-13(14)17)10-19-12-5-6-12/h4,7,9,12,15,19H,2-3,5-6,8,10H2,1H3,(H,18,21). The molecule has 0 spiro atoms. The lowest BCUT2D eigenvalue weighted by molar-refractivity contribution is -0.121. The molecule has 1 atom stereocenters. The van der Waals surface area contributed by atoms with Gasteiger partial charge in [0.1, 0.15) is 11.9 Å². The van der Waals surface area contributed by atoms with E-state index in [0.29, 0.717) is 18.3 Å². The van der Waals surface area contributed by atoms with E-state index >= 15 is 0 Å². The number of hydrogen-bond donors (Lipinski definition) is 2. The van der Waals surface area contributed by atoms with Gasteiger partial charge >= 0.3 is 0 Å².